The van der Waals surface area contributed by atoms with Crippen LogP contribution in [0.1, 0.15) is 33.1 Å². The minimum absolute atomic E-state index is 0.0855. The number of halogens is 2. The molecule has 1 aromatic carbocycles. The molecule has 0 spiro atoms. The summed E-state index contributed by atoms with van der Waals surface area (Å²) in [4.78, 5) is 0. The van der Waals surface area contributed by atoms with Gasteiger partial charge in [-0.1, -0.05) is 13.8 Å². The average molecular weight is 269 g/mol. The Hall–Kier alpha value is -1.52. The second-order valence-electron chi connectivity index (χ2n) is 6.08. The number of rotatable bonds is 2. The van der Waals surface area contributed by atoms with E-state index in [9.17, 15) is 8.78 Å². The first kappa shape index (κ1) is 12.5. The van der Waals surface area contributed by atoms with Gasteiger partial charge >= 0.3 is 6.29 Å². The van der Waals surface area contributed by atoms with Crippen LogP contribution in [0.3, 0.4) is 0 Å². The van der Waals surface area contributed by atoms with E-state index in [2.05, 4.69) is 28.6 Å². The molecule has 19 heavy (non-hydrogen) atoms. The average Bonchev–Trinajstić information content (AvgIpc) is 2.76. The number of anilines is 1. The Kier molecular flexibility index (Phi) is 2.62. The van der Waals surface area contributed by atoms with E-state index in [0.717, 1.165) is 18.5 Å². The Labute approximate surface area is 110 Å². The highest BCUT2D eigenvalue weighted by atomic mass is 19.3. The van der Waals surface area contributed by atoms with Crippen molar-refractivity contribution in [1.29, 1.82) is 0 Å². The largest absolute Gasteiger partial charge is 0.586 e. The van der Waals surface area contributed by atoms with Crippen LogP contribution in [-0.4, -0.2) is 12.3 Å². The summed E-state index contributed by atoms with van der Waals surface area (Å²) in [7, 11) is 0. The van der Waals surface area contributed by atoms with Crippen molar-refractivity contribution in [2.75, 3.05) is 5.32 Å². The Morgan fingerprint density at radius 3 is 2.63 bits per heavy atom. The van der Waals surface area contributed by atoms with E-state index in [1.165, 1.54) is 12.5 Å². The molecule has 1 aliphatic carbocycles. The molecule has 0 radical (unpaired) electrons. The van der Waals surface area contributed by atoms with Gasteiger partial charge in [0.1, 0.15) is 0 Å². The van der Waals surface area contributed by atoms with Gasteiger partial charge in [-0.3, -0.25) is 0 Å². The molecule has 1 saturated carbocycles. The van der Waals surface area contributed by atoms with Crippen LogP contribution in [0.4, 0.5) is 14.5 Å². The summed E-state index contributed by atoms with van der Waals surface area (Å²) in [5.74, 6) is 0.176. The quantitative estimate of drug-likeness (QED) is 0.880. The molecule has 1 aromatic rings. The Balaban J connectivity index is 1.71. The van der Waals surface area contributed by atoms with Crippen molar-refractivity contribution in [2.24, 2.45) is 5.41 Å². The first-order valence-electron chi connectivity index (χ1n) is 6.49. The zero-order valence-electron chi connectivity index (χ0n) is 11.0. The SMILES string of the molecule is CC1(C)CCC(Nc2ccc3c(c2)OC(F)(F)O3)C1. The molecule has 3 nitrogen and oxygen atoms in total. The van der Waals surface area contributed by atoms with Crippen LogP contribution >= 0.6 is 0 Å². The number of benzene rings is 1. The minimum atomic E-state index is -3.55. The van der Waals surface area contributed by atoms with E-state index in [-0.39, 0.29) is 11.5 Å². The summed E-state index contributed by atoms with van der Waals surface area (Å²) in [6.07, 6.45) is -0.196. The smallest absolute Gasteiger partial charge is 0.395 e. The van der Waals surface area contributed by atoms with E-state index < -0.39 is 6.29 Å². The molecule has 0 saturated heterocycles. The van der Waals surface area contributed by atoms with Crippen molar-refractivity contribution in [3.63, 3.8) is 0 Å². The van der Waals surface area contributed by atoms with Crippen LogP contribution < -0.4 is 14.8 Å². The maximum Gasteiger partial charge on any atom is 0.586 e. The maximum atomic E-state index is 12.9. The van der Waals surface area contributed by atoms with Crippen LogP contribution in [0.2, 0.25) is 0 Å². The second kappa shape index (κ2) is 3.99. The molecule has 5 heteroatoms. The maximum absolute atomic E-state index is 12.9. The Morgan fingerprint density at radius 1 is 1.21 bits per heavy atom. The molecule has 3 rings (SSSR count). The summed E-state index contributed by atoms with van der Waals surface area (Å²) in [5.41, 5.74) is 1.14. The van der Waals surface area contributed by atoms with Crippen molar-refractivity contribution in [3.05, 3.63) is 18.2 Å². The summed E-state index contributed by atoms with van der Waals surface area (Å²) < 4.78 is 34.6. The molecular weight excluding hydrogens is 252 g/mol. The predicted octanol–water partition coefficient (Wildman–Crippen LogP) is 4.00. The second-order valence-corrected chi connectivity index (χ2v) is 6.08. The van der Waals surface area contributed by atoms with Gasteiger partial charge in [-0.05, 0) is 36.8 Å². The lowest BCUT2D eigenvalue weighted by atomic mass is 9.92. The summed E-state index contributed by atoms with van der Waals surface area (Å²) >= 11 is 0. The van der Waals surface area contributed by atoms with Gasteiger partial charge in [-0.25, -0.2) is 0 Å². The molecule has 1 atom stereocenters. The lowest BCUT2D eigenvalue weighted by Gasteiger charge is -2.18. The zero-order valence-corrected chi connectivity index (χ0v) is 11.0. The number of hydrogen-bond donors (Lipinski definition) is 1. The van der Waals surface area contributed by atoms with E-state index in [4.69, 9.17) is 0 Å². The van der Waals surface area contributed by atoms with Crippen LogP contribution in [-0.2, 0) is 0 Å². The highest BCUT2D eigenvalue weighted by Crippen LogP contribution is 2.43. The summed E-state index contributed by atoms with van der Waals surface area (Å²) in [6.45, 7) is 4.49. The number of fused-ring (bicyclic) bond motifs is 1. The fourth-order valence-corrected chi connectivity index (χ4v) is 2.83. The van der Waals surface area contributed by atoms with Gasteiger partial charge in [-0.15, -0.1) is 8.78 Å². The zero-order chi connectivity index (χ0) is 13.7. The number of ether oxygens (including phenoxy) is 2. The molecule has 0 amide bonds. The number of alkyl halides is 2. The van der Waals surface area contributed by atoms with Crippen molar-refractivity contribution in [3.8, 4) is 11.5 Å². The highest BCUT2D eigenvalue weighted by Gasteiger charge is 2.43. The van der Waals surface area contributed by atoms with Gasteiger partial charge in [0.2, 0.25) is 0 Å². The van der Waals surface area contributed by atoms with E-state index in [1.54, 1.807) is 12.1 Å². The van der Waals surface area contributed by atoms with Crippen LogP contribution in [0, 0.1) is 5.41 Å². The molecule has 1 N–H and O–H groups in total. The van der Waals surface area contributed by atoms with E-state index in [0.29, 0.717) is 11.5 Å². The fourth-order valence-electron chi connectivity index (χ4n) is 2.83. The lowest BCUT2D eigenvalue weighted by molar-refractivity contribution is -0.286. The predicted molar refractivity (Wildman–Crippen MR) is 67.7 cm³/mol. The Bertz CT molecular complexity index is 502. The van der Waals surface area contributed by atoms with Crippen LogP contribution in [0.25, 0.3) is 0 Å². The molecule has 0 aromatic heterocycles. The van der Waals surface area contributed by atoms with Gasteiger partial charge < -0.3 is 14.8 Å². The topological polar surface area (TPSA) is 30.5 Å². The first-order chi connectivity index (χ1) is 8.83. The van der Waals surface area contributed by atoms with Crippen molar-refractivity contribution < 1.29 is 18.3 Å². The van der Waals surface area contributed by atoms with E-state index >= 15 is 0 Å². The fraction of sp³-hybridized carbons (Fsp3) is 0.571. The summed E-state index contributed by atoms with van der Waals surface area (Å²) in [6, 6.07) is 5.21. The molecule has 1 heterocycles. The van der Waals surface area contributed by atoms with Gasteiger partial charge in [0, 0.05) is 17.8 Å². The van der Waals surface area contributed by atoms with Crippen molar-refractivity contribution >= 4 is 5.69 Å². The van der Waals surface area contributed by atoms with Gasteiger partial charge in [0.05, 0.1) is 0 Å². The third kappa shape index (κ3) is 2.60. The lowest BCUT2D eigenvalue weighted by Crippen LogP contribution is -2.25. The Morgan fingerprint density at radius 2 is 1.95 bits per heavy atom. The summed E-state index contributed by atoms with van der Waals surface area (Å²) in [5, 5.41) is 3.37. The molecule has 2 aliphatic rings. The van der Waals surface area contributed by atoms with Gasteiger partial charge in [-0.2, -0.15) is 0 Å². The molecule has 1 fully saturated rings. The molecule has 0 bridgehead atoms. The van der Waals surface area contributed by atoms with E-state index in [1.807, 2.05) is 0 Å². The first-order valence-corrected chi connectivity index (χ1v) is 6.49. The third-order valence-corrected chi connectivity index (χ3v) is 3.74. The van der Waals surface area contributed by atoms with Crippen LogP contribution in [0.5, 0.6) is 11.5 Å². The number of hydrogen-bond acceptors (Lipinski definition) is 3. The third-order valence-electron chi connectivity index (χ3n) is 3.74. The van der Waals surface area contributed by atoms with Crippen molar-refractivity contribution in [1.82, 2.24) is 0 Å². The molecule has 1 unspecified atom stereocenters. The van der Waals surface area contributed by atoms with Crippen LogP contribution in [0.15, 0.2) is 18.2 Å². The number of nitrogens with one attached hydrogen (secondary N) is 1. The standard InChI is InChI=1S/C14H17F2NO2/c1-13(2)6-5-10(8-13)17-9-3-4-11-12(7-9)19-14(15,16)18-11/h3-4,7,10,17H,5-6,8H2,1-2H3. The molecular formula is C14H17F2NO2. The molecule has 1 aliphatic heterocycles. The highest BCUT2D eigenvalue weighted by molar-refractivity contribution is 5.56. The normalized spacial score (nSPS) is 26.4. The van der Waals surface area contributed by atoms with Gasteiger partial charge in [0.15, 0.2) is 11.5 Å². The van der Waals surface area contributed by atoms with Crippen molar-refractivity contribution in [2.45, 2.75) is 45.4 Å². The molecule has 104 valence electrons. The van der Waals surface area contributed by atoms with Gasteiger partial charge in [0.25, 0.3) is 0 Å². The minimum Gasteiger partial charge on any atom is -0.395 e. The monoisotopic (exact) mass is 269 g/mol.